The van der Waals surface area contributed by atoms with Crippen LogP contribution in [-0.4, -0.2) is 204 Å². The summed E-state index contributed by atoms with van der Waals surface area (Å²) in [6, 6.07) is 0. The Labute approximate surface area is 574 Å². The van der Waals surface area contributed by atoms with Gasteiger partial charge in [-0.1, -0.05) is 259 Å². The summed E-state index contributed by atoms with van der Waals surface area (Å²) in [5.41, 5.74) is 0. The highest BCUT2D eigenvalue weighted by Gasteiger charge is 2.58. The van der Waals surface area contributed by atoms with Crippen LogP contribution in [0.5, 0.6) is 0 Å². The fraction of sp³-hybridized carbons (Fsp3) is 0.958. The average molecular weight is 1400 g/mol. The number of aliphatic hydroxyl groups excluding tert-OH is 10. The third-order valence-electron chi connectivity index (χ3n) is 19.0. The second-order valence-corrected chi connectivity index (χ2v) is 29.1. The van der Waals surface area contributed by atoms with Crippen LogP contribution in [0.4, 0.5) is 0 Å². The predicted molar refractivity (Wildman–Crippen MR) is 361 cm³/mol. The molecule has 566 valence electrons. The molecule has 0 aromatic carbocycles. The molecule has 3 rings (SSSR count). The van der Waals surface area contributed by atoms with Crippen LogP contribution < -0.4 is 0 Å². The number of unbranched alkanes of at least 4 members (excludes halogenated alkanes) is 33. The van der Waals surface area contributed by atoms with Crippen LogP contribution in [0.3, 0.4) is 0 Å². The first kappa shape index (κ1) is 88.2. The van der Waals surface area contributed by atoms with Crippen LogP contribution in [0, 0.1) is 5.92 Å². The van der Waals surface area contributed by atoms with Crippen molar-refractivity contribution in [2.45, 2.75) is 402 Å². The molecule has 0 spiro atoms. The molecule has 0 aromatic heterocycles. The minimum atomic E-state index is -5.69. The fourth-order valence-corrected chi connectivity index (χ4v) is 13.7. The van der Waals surface area contributed by atoms with Gasteiger partial charge < -0.3 is 89.1 Å². The van der Waals surface area contributed by atoms with Gasteiger partial charge in [0.05, 0.1) is 13.2 Å². The quantitative estimate of drug-likeness (QED) is 0.0117. The first-order valence-corrected chi connectivity index (χ1v) is 39.2. The van der Waals surface area contributed by atoms with E-state index in [4.69, 9.17) is 42.2 Å². The Morgan fingerprint density at radius 2 is 0.729 bits per heavy atom. The van der Waals surface area contributed by atoms with Crippen LogP contribution in [0.15, 0.2) is 0 Å². The topological polar surface area (TPSA) is 374 Å². The van der Waals surface area contributed by atoms with E-state index in [1.54, 1.807) is 0 Å². The van der Waals surface area contributed by atoms with Crippen molar-refractivity contribution in [3.05, 3.63) is 0 Å². The van der Waals surface area contributed by atoms with Crippen molar-refractivity contribution in [3.8, 4) is 0 Å². The molecule has 2 saturated heterocycles. The molecule has 19 unspecified atom stereocenters. The molecule has 1 aliphatic carbocycles. The van der Waals surface area contributed by atoms with Gasteiger partial charge in [-0.05, 0) is 25.2 Å². The van der Waals surface area contributed by atoms with Crippen LogP contribution in [0.2, 0.25) is 0 Å². The molecule has 24 nitrogen and oxygen atoms in total. The smallest absolute Gasteiger partial charge is 0.463 e. The minimum Gasteiger partial charge on any atom is -0.463 e. The van der Waals surface area contributed by atoms with E-state index < -0.39 is 156 Å². The van der Waals surface area contributed by atoms with E-state index in [0.29, 0.717) is 25.2 Å². The van der Waals surface area contributed by atoms with Crippen LogP contribution in [-0.2, 0) is 61.2 Å². The van der Waals surface area contributed by atoms with E-state index in [0.717, 1.165) is 96.3 Å². The van der Waals surface area contributed by atoms with Crippen molar-refractivity contribution in [1.82, 2.24) is 0 Å². The largest absolute Gasteiger partial charge is 0.472 e. The lowest BCUT2D eigenvalue weighted by Gasteiger charge is -2.49. The number of hydrogen-bond donors (Lipinski definition) is 11. The second-order valence-electron chi connectivity index (χ2n) is 27.7. The molecule has 96 heavy (non-hydrogen) atoms. The van der Waals surface area contributed by atoms with Crippen molar-refractivity contribution in [2.24, 2.45) is 5.92 Å². The monoisotopic (exact) mass is 1400 g/mol. The summed E-state index contributed by atoms with van der Waals surface area (Å²) in [5.74, 6) is -1.28. The van der Waals surface area contributed by atoms with Crippen molar-refractivity contribution < 1.29 is 117 Å². The van der Waals surface area contributed by atoms with Gasteiger partial charge in [-0.3, -0.25) is 23.4 Å². The van der Waals surface area contributed by atoms with Crippen molar-refractivity contribution >= 4 is 25.7 Å². The second kappa shape index (κ2) is 52.9. The predicted octanol–water partition coefficient (Wildman–Crippen LogP) is 10.0. The lowest BCUT2D eigenvalue weighted by atomic mass is 9.84. The number of hydrogen-bond acceptors (Lipinski definition) is 23. The molecule has 1 saturated carbocycles. The number of phosphoric acid groups is 1. The zero-order valence-electron chi connectivity index (χ0n) is 59.1. The molecule has 3 aliphatic rings. The third kappa shape index (κ3) is 36.2. The minimum absolute atomic E-state index is 0.0333. The Morgan fingerprint density at radius 3 is 1.12 bits per heavy atom. The van der Waals surface area contributed by atoms with Gasteiger partial charge >= 0.3 is 25.7 Å². The zero-order chi connectivity index (χ0) is 70.5. The van der Waals surface area contributed by atoms with Crippen LogP contribution >= 0.6 is 7.82 Å². The van der Waals surface area contributed by atoms with Gasteiger partial charge in [-0.15, -0.1) is 0 Å². The Kier molecular flexibility index (Phi) is 48.5. The van der Waals surface area contributed by atoms with E-state index in [1.165, 1.54) is 135 Å². The molecule has 11 N–H and O–H groups in total. The number of carbonyl (C=O) groups excluding carboxylic acids is 3. The van der Waals surface area contributed by atoms with Crippen molar-refractivity contribution in [2.75, 3.05) is 26.4 Å². The normalized spacial score (nSPS) is 28.2. The highest BCUT2D eigenvalue weighted by molar-refractivity contribution is 7.47. The molecular formula is C71H133O24P. The Bertz CT molecular complexity index is 2010. The highest BCUT2D eigenvalue weighted by atomic mass is 31.2. The molecule has 25 heteroatoms. The van der Waals surface area contributed by atoms with Crippen molar-refractivity contribution in [1.29, 1.82) is 0 Å². The summed E-state index contributed by atoms with van der Waals surface area (Å²) < 4.78 is 65.0. The van der Waals surface area contributed by atoms with Crippen molar-refractivity contribution in [3.63, 3.8) is 0 Å². The molecule has 2 aliphatic heterocycles. The Hall–Kier alpha value is -2.04. The van der Waals surface area contributed by atoms with Gasteiger partial charge in [0.2, 0.25) is 0 Å². The summed E-state index contributed by atoms with van der Waals surface area (Å²) in [6.45, 7) is 5.77. The summed E-state index contributed by atoms with van der Waals surface area (Å²) >= 11 is 0. The molecular weight excluding hydrogens is 1270 g/mol. The van der Waals surface area contributed by atoms with Gasteiger partial charge in [0.15, 0.2) is 18.7 Å². The number of aliphatic hydroxyl groups is 10. The number of phosphoric ester groups is 1. The highest BCUT2D eigenvalue weighted by Crippen LogP contribution is 2.49. The maximum absolute atomic E-state index is 14.3. The molecule has 0 amide bonds. The van der Waals surface area contributed by atoms with Gasteiger partial charge in [-0.25, -0.2) is 4.57 Å². The molecule has 0 aromatic rings. The van der Waals surface area contributed by atoms with Gasteiger partial charge in [0.25, 0.3) is 0 Å². The standard InChI is InChI=1S/C71H133O24P/c1-5-8-11-14-17-19-21-22-23-25-26-28-34-40-45-56(74)88-50-54-59(77)61(79)66(84)71(92-54)94-68-64(82)62(80)63(81)67(93-70-65(83)60(78)58(76)53(47-72)91-70)69(68)95-96(85,86)89-49-52(90-57(75)46-41-36-29-27-24-20-18-15-12-9-6-2)48-87-55(73)44-39-35-31-30-33-38-43-51(4)42-37-32-16-13-10-7-3/h51-54,58-72,76-84H,5-50H2,1-4H3,(H,85,86). The lowest BCUT2D eigenvalue weighted by molar-refractivity contribution is -0.360. The Balaban J connectivity index is 1.73. The van der Waals surface area contributed by atoms with E-state index in [-0.39, 0.29) is 19.3 Å². The van der Waals surface area contributed by atoms with E-state index in [9.17, 15) is 74.9 Å². The molecule has 19 atom stereocenters. The maximum Gasteiger partial charge on any atom is 0.472 e. The third-order valence-corrected chi connectivity index (χ3v) is 20.0. The van der Waals surface area contributed by atoms with Crippen LogP contribution in [0.1, 0.15) is 297 Å². The summed E-state index contributed by atoms with van der Waals surface area (Å²) in [6.07, 6.45) is 7.57. The number of esters is 3. The van der Waals surface area contributed by atoms with E-state index in [2.05, 4.69) is 27.7 Å². The lowest BCUT2D eigenvalue weighted by Crippen LogP contribution is -2.69. The Morgan fingerprint density at radius 1 is 0.396 bits per heavy atom. The fourth-order valence-electron chi connectivity index (χ4n) is 12.8. The van der Waals surface area contributed by atoms with Crippen LogP contribution in [0.25, 0.3) is 0 Å². The summed E-state index contributed by atoms with van der Waals surface area (Å²) in [7, 11) is -5.69. The number of carbonyl (C=O) groups is 3. The summed E-state index contributed by atoms with van der Waals surface area (Å²) in [4.78, 5) is 51.0. The first-order chi connectivity index (χ1) is 46.2. The molecule has 0 radical (unpaired) electrons. The summed E-state index contributed by atoms with van der Waals surface area (Å²) in [5, 5.41) is 110. The maximum atomic E-state index is 14.3. The molecule has 0 bridgehead atoms. The number of rotatable bonds is 58. The van der Waals surface area contributed by atoms with E-state index in [1.807, 2.05) is 0 Å². The number of ether oxygens (including phenoxy) is 7. The van der Waals surface area contributed by atoms with E-state index >= 15 is 0 Å². The first-order valence-electron chi connectivity index (χ1n) is 37.7. The van der Waals surface area contributed by atoms with Gasteiger partial charge in [0.1, 0.15) is 98.7 Å². The molecule has 3 fully saturated rings. The zero-order valence-corrected chi connectivity index (χ0v) is 60.0. The van der Waals surface area contributed by atoms with Gasteiger partial charge in [-0.2, -0.15) is 0 Å². The molecule has 2 heterocycles. The SMILES string of the molecule is CCCCCCCCCCCCCCCCC(=O)OCC1OC(OC2C(O)C(O)C(O)C(OC3OC(CO)C(O)C(O)C3O)C2OP(=O)(O)OCC(COC(=O)CCCCCCCCC(C)CCCCCCCC)OC(=O)CCCCCCCCCCCCC)C(O)C(O)C1O. The average Bonchev–Trinajstić information content (AvgIpc) is 0.764. The van der Waals surface area contributed by atoms with Gasteiger partial charge in [0, 0.05) is 19.3 Å².